The van der Waals surface area contributed by atoms with Crippen molar-refractivity contribution in [3.63, 3.8) is 0 Å². The van der Waals surface area contributed by atoms with Crippen LogP contribution in [0.5, 0.6) is 11.5 Å². The highest BCUT2D eigenvalue weighted by atomic mass is 35.5. The summed E-state index contributed by atoms with van der Waals surface area (Å²) in [5, 5.41) is 3.88. The van der Waals surface area contributed by atoms with Crippen molar-refractivity contribution in [3.05, 3.63) is 70.4 Å². The minimum atomic E-state index is -0.288. The summed E-state index contributed by atoms with van der Waals surface area (Å²) in [6, 6.07) is 13.0. The van der Waals surface area contributed by atoms with E-state index >= 15 is 0 Å². The third-order valence-electron chi connectivity index (χ3n) is 4.43. The molecule has 29 heavy (non-hydrogen) atoms. The molecule has 2 aromatic carbocycles. The first-order valence-corrected chi connectivity index (χ1v) is 10.3. The van der Waals surface area contributed by atoms with Gasteiger partial charge in [-0.15, -0.1) is 0 Å². The standard InChI is InChI=1S/C22H19ClN2O3S/c1-13-5-6-20(14(2)10-13)29-22-15(4-3-7-24-22)21(26)25-17-12-19-18(11-16(17)23)27-8-9-28-19/h3-7,10-12H,8-9H2,1-2H3,(H,25,26). The van der Waals surface area contributed by atoms with E-state index in [1.807, 2.05) is 19.1 Å². The number of fused-ring (bicyclic) bond motifs is 1. The Labute approximate surface area is 178 Å². The molecule has 3 aromatic rings. The molecule has 0 atom stereocenters. The zero-order valence-corrected chi connectivity index (χ0v) is 17.6. The van der Waals surface area contributed by atoms with Crippen LogP contribution in [0.3, 0.4) is 0 Å². The number of aryl methyl sites for hydroxylation is 2. The highest BCUT2D eigenvalue weighted by Gasteiger charge is 2.19. The number of nitrogens with one attached hydrogen (secondary N) is 1. The van der Waals surface area contributed by atoms with E-state index in [2.05, 4.69) is 23.3 Å². The number of amides is 1. The van der Waals surface area contributed by atoms with E-state index in [0.29, 0.717) is 46.0 Å². The van der Waals surface area contributed by atoms with Crippen molar-refractivity contribution in [2.75, 3.05) is 18.5 Å². The number of carbonyl (C=O) groups is 1. The number of hydrogen-bond acceptors (Lipinski definition) is 5. The van der Waals surface area contributed by atoms with Gasteiger partial charge >= 0.3 is 0 Å². The number of anilines is 1. The molecule has 0 fully saturated rings. The van der Waals surface area contributed by atoms with Crippen LogP contribution in [0.15, 0.2) is 58.6 Å². The summed E-state index contributed by atoms with van der Waals surface area (Å²) in [5.41, 5.74) is 3.27. The number of halogens is 1. The Bertz CT molecular complexity index is 1090. The van der Waals surface area contributed by atoms with E-state index in [1.165, 1.54) is 17.3 Å². The van der Waals surface area contributed by atoms with Gasteiger partial charge in [0.1, 0.15) is 18.2 Å². The van der Waals surface area contributed by atoms with Crippen LogP contribution < -0.4 is 14.8 Å². The molecule has 5 nitrogen and oxygen atoms in total. The van der Waals surface area contributed by atoms with Crippen LogP contribution in [0.1, 0.15) is 21.5 Å². The zero-order valence-electron chi connectivity index (χ0n) is 16.0. The molecule has 0 saturated heterocycles. The molecule has 0 unspecified atom stereocenters. The second kappa shape index (κ2) is 8.35. The highest BCUT2D eigenvalue weighted by Crippen LogP contribution is 2.38. The quantitative estimate of drug-likeness (QED) is 0.594. The summed E-state index contributed by atoms with van der Waals surface area (Å²) in [6.45, 7) is 5.04. The van der Waals surface area contributed by atoms with Gasteiger partial charge in [-0.2, -0.15) is 0 Å². The van der Waals surface area contributed by atoms with Gasteiger partial charge in [0, 0.05) is 23.2 Å². The van der Waals surface area contributed by atoms with Gasteiger partial charge in [-0.05, 0) is 37.6 Å². The van der Waals surface area contributed by atoms with Crippen molar-refractivity contribution in [2.45, 2.75) is 23.8 Å². The Hall–Kier alpha value is -2.70. The molecule has 0 spiro atoms. The lowest BCUT2D eigenvalue weighted by molar-refractivity contribution is 0.102. The Morgan fingerprint density at radius 2 is 1.86 bits per heavy atom. The molecule has 0 radical (unpaired) electrons. The number of hydrogen-bond donors (Lipinski definition) is 1. The molecule has 1 aliphatic rings. The molecule has 7 heteroatoms. The first-order chi connectivity index (χ1) is 14.0. The van der Waals surface area contributed by atoms with Gasteiger partial charge in [0.15, 0.2) is 11.5 Å². The summed E-state index contributed by atoms with van der Waals surface area (Å²) < 4.78 is 11.1. The summed E-state index contributed by atoms with van der Waals surface area (Å²) >= 11 is 7.79. The van der Waals surface area contributed by atoms with Gasteiger partial charge in [0.05, 0.1) is 16.3 Å². The first kappa shape index (κ1) is 19.6. The van der Waals surface area contributed by atoms with Crippen LogP contribution in [-0.2, 0) is 0 Å². The van der Waals surface area contributed by atoms with E-state index in [0.717, 1.165) is 10.5 Å². The maximum absolute atomic E-state index is 13.0. The number of ether oxygens (including phenoxy) is 2. The SMILES string of the molecule is Cc1ccc(Sc2ncccc2C(=O)Nc2cc3c(cc2Cl)OCCO3)c(C)c1. The minimum Gasteiger partial charge on any atom is -0.486 e. The largest absolute Gasteiger partial charge is 0.486 e. The van der Waals surface area contributed by atoms with Crippen molar-refractivity contribution >= 4 is 35.0 Å². The Balaban J connectivity index is 1.60. The van der Waals surface area contributed by atoms with Crippen LogP contribution >= 0.6 is 23.4 Å². The number of aromatic nitrogens is 1. The maximum Gasteiger partial charge on any atom is 0.258 e. The van der Waals surface area contributed by atoms with E-state index in [1.54, 1.807) is 30.5 Å². The van der Waals surface area contributed by atoms with E-state index in [-0.39, 0.29) is 5.91 Å². The molecule has 0 aliphatic carbocycles. The molecule has 1 aliphatic heterocycles. The number of nitrogens with zero attached hydrogens (tertiary/aromatic N) is 1. The predicted octanol–water partition coefficient (Wildman–Crippen LogP) is 5.53. The van der Waals surface area contributed by atoms with E-state index < -0.39 is 0 Å². The fourth-order valence-corrected chi connectivity index (χ4v) is 4.16. The van der Waals surface area contributed by atoms with Crippen LogP contribution in [-0.4, -0.2) is 24.1 Å². The van der Waals surface area contributed by atoms with Crippen molar-refractivity contribution in [1.82, 2.24) is 4.98 Å². The zero-order chi connectivity index (χ0) is 20.4. The van der Waals surface area contributed by atoms with E-state index in [9.17, 15) is 4.79 Å². The first-order valence-electron chi connectivity index (χ1n) is 9.12. The third-order valence-corrected chi connectivity index (χ3v) is 5.94. The summed E-state index contributed by atoms with van der Waals surface area (Å²) in [7, 11) is 0. The van der Waals surface area contributed by atoms with Gasteiger partial charge in [0.25, 0.3) is 5.91 Å². The van der Waals surface area contributed by atoms with Crippen LogP contribution in [0.25, 0.3) is 0 Å². The minimum absolute atomic E-state index is 0.288. The summed E-state index contributed by atoms with van der Waals surface area (Å²) in [5.74, 6) is 0.850. The molecule has 1 N–H and O–H groups in total. The van der Waals surface area contributed by atoms with Crippen LogP contribution in [0.4, 0.5) is 5.69 Å². The van der Waals surface area contributed by atoms with Crippen molar-refractivity contribution in [2.24, 2.45) is 0 Å². The topological polar surface area (TPSA) is 60.5 Å². The molecule has 4 rings (SSSR count). The number of benzene rings is 2. The third kappa shape index (κ3) is 4.33. The Morgan fingerprint density at radius 1 is 1.10 bits per heavy atom. The lowest BCUT2D eigenvalue weighted by Gasteiger charge is -2.20. The summed E-state index contributed by atoms with van der Waals surface area (Å²) in [6.07, 6.45) is 1.68. The molecule has 148 valence electrons. The van der Waals surface area contributed by atoms with Crippen molar-refractivity contribution < 1.29 is 14.3 Å². The highest BCUT2D eigenvalue weighted by molar-refractivity contribution is 7.99. The van der Waals surface area contributed by atoms with Gasteiger partial charge in [-0.1, -0.05) is 41.1 Å². The van der Waals surface area contributed by atoms with Crippen molar-refractivity contribution in [1.29, 1.82) is 0 Å². The fourth-order valence-electron chi connectivity index (χ4n) is 3.01. The van der Waals surface area contributed by atoms with Gasteiger partial charge in [-0.3, -0.25) is 4.79 Å². The molecule has 2 heterocycles. The predicted molar refractivity (Wildman–Crippen MR) is 115 cm³/mol. The molecular weight excluding hydrogens is 408 g/mol. The second-order valence-electron chi connectivity index (χ2n) is 6.66. The van der Waals surface area contributed by atoms with Crippen molar-refractivity contribution in [3.8, 4) is 11.5 Å². The van der Waals surface area contributed by atoms with Gasteiger partial charge < -0.3 is 14.8 Å². The molecule has 1 amide bonds. The van der Waals surface area contributed by atoms with Crippen LogP contribution in [0, 0.1) is 13.8 Å². The lowest BCUT2D eigenvalue weighted by atomic mass is 10.2. The smallest absolute Gasteiger partial charge is 0.258 e. The molecular formula is C22H19ClN2O3S. The average Bonchev–Trinajstić information content (AvgIpc) is 2.71. The van der Waals surface area contributed by atoms with Crippen LogP contribution in [0.2, 0.25) is 5.02 Å². The number of pyridine rings is 1. The fraction of sp³-hybridized carbons (Fsp3) is 0.182. The number of carbonyl (C=O) groups excluding carboxylic acids is 1. The Morgan fingerprint density at radius 3 is 2.62 bits per heavy atom. The monoisotopic (exact) mass is 426 g/mol. The maximum atomic E-state index is 13.0. The van der Waals surface area contributed by atoms with E-state index in [4.69, 9.17) is 21.1 Å². The molecule has 0 saturated carbocycles. The average molecular weight is 427 g/mol. The molecule has 1 aromatic heterocycles. The summed E-state index contributed by atoms with van der Waals surface area (Å²) in [4.78, 5) is 18.5. The second-order valence-corrected chi connectivity index (χ2v) is 8.09. The van der Waals surface area contributed by atoms with Gasteiger partial charge in [0.2, 0.25) is 0 Å². The normalized spacial score (nSPS) is 12.5. The number of rotatable bonds is 4. The molecule has 0 bridgehead atoms. The Kier molecular flexibility index (Phi) is 5.65. The lowest BCUT2D eigenvalue weighted by Crippen LogP contribution is -2.17. The van der Waals surface area contributed by atoms with Gasteiger partial charge in [-0.25, -0.2) is 4.98 Å².